The maximum absolute atomic E-state index is 12.7. The number of halogens is 1. The zero-order chi connectivity index (χ0) is 9.84. The molecular weight excluding hydrogens is 169 g/mol. The van der Waals surface area contributed by atoms with Crippen molar-refractivity contribution in [3.63, 3.8) is 0 Å². The number of nitrogens with zero attached hydrogens (tertiary/aromatic N) is 1. The highest BCUT2D eigenvalue weighted by Gasteiger charge is 1.99. The first kappa shape index (κ1) is 9.96. The maximum Gasteiger partial charge on any atom is 0.250 e. The van der Waals surface area contributed by atoms with Crippen molar-refractivity contribution in [2.24, 2.45) is 5.92 Å². The highest BCUT2D eigenvalue weighted by Crippen LogP contribution is 2.01. The van der Waals surface area contributed by atoms with E-state index in [0.717, 1.165) is 6.42 Å². The lowest BCUT2D eigenvalue weighted by Crippen LogP contribution is -2.19. The number of hydrogen-bond donors (Lipinski definition) is 0. The van der Waals surface area contributed by atoms with E-state index in [2.05, 4.69) is 13.8 Å². The molecule has 0 saturated heterocycles. The van der Waals surface area contributed by atoms with Crippen LogP contribution in [-0.2, 0) is 6.54 Å². The molecule has 0 N–H and O–H groups in total. The average Bonchev–Trinajstić information content (AvgIpc) is 2.06. The molecule has 0 radical (unpaired) electrons. The van der Waals surface area contributed by atoms with Gasteiger partial charge in [-0.15, -0.1) is 0 Å². The molecule has 0 unspecified atom stereocenters. The summed E-state index contributed by atoms with van der Waals surface area (Å²) in [6.07, 6.45) is 2.15. The summed E-state index contributed by atoms with van der Waals surface area (Å²) in [7, 11) is 0. The summed E-state index contributed by atoms with van der Waals surface area (Å²) in [6.45, 7) is 4.74. The van der Waals surface area contributed by atoms with Crippen molar-refractivity contribution < 1.29 is 4.39 Å². The Morgan fingerprint density at radius 1 is 1.46 bits per heavy atom. The molecule has 0 spiro atoms. The summed E-state index contributed by atoms with van der Waals surface area (Å²) in [5.74, 6) is 0.165. The van der Waals surface area contributed by atoms with Gasteiger partial charge in [-0.2, -0.15) is 0 Å². The van der Waals surface area contributed by atoms with Crippen LogP contribution in [0.3, 0.4) is 0 Å². The quantitative estimate of drug-likeness (QED) is 0.702. The van der Waals surface area contributed by atoms with Crippen LogP contribution in [0.25, 0.3) is 0 Å². The van der Waals surface area contributed by atoms with Gasteiger partial charge in [0.2, 0.25) is 0 Å². The van der Waals surface area contributed by atoms with Gasteiger partial charge < -0.3 is 4.57 Å². The Balaban J connectivity index is 2.76. The highest BCUT2D eigenvalue weighted by atomic mass is 19.1. The van der Waals surface area contributed by atoms with E-state index in [1.165, 1.54) is 22.9 Å². The fourth-order valence-electron chi connectivity index (χ4n) is 1.07. The largest absolute Gasteiger partial charge is 0.313 e. The van der Waals surface area contributed by atoms with E-state index < -0.39 is 0 Å². The lowest BCUT2D eigenvalue weighted by atomic mass is 10.1. The summed E-state index contributed by atoms with van der Waals surface area (Å²) in [6, 6.07) is 2.45. The lowest BCUT2D eigenvalue weighted by Gasteiger charge is -2.06. The van der Waals surface area contributed by atoms with Crippen molar-refractivity contribution in [1.29, 1.82) is 0 Å². The third kappa shape index (κ3) is 3.01. The minimum atomic E-state index is -0.358. The van der Waals surface area contributed by atoms with Crippen LogP contribution in [0.1, 0.15) is 20.3 Å². The zero-order valence-electron chi connectivity index (χ0n) is 7.96. The van der Waals surface area contributed by atoms with Crippen LogP contribution in [0.15, 0.2) is 23.1 Å². The molecule has 1 heterocycles. The molecule has 72 valence electrons. The summed E-state index contributed by atoms with van der Waals surface area (Å²) in [5, 5.41) is 0. The van der Waals surface area contributed by atoms with Gasteiger partial charge in [0, 0.05) is 18.8 Å². The topological polar surface area (TPSA) is 22.0 Å². The van der Waals surface area contributed by atoms with E-state index in [-0.39, 0.29) is 11.4 Å². The van der Waals surface area contributed by atoms with Crippen molar-refractivity contribution in [2.45, 2.75) is 26.8 Å². The number of aryl methyl sites for hydroxylation is 1. The summed E-state index contributed by atoms with van der Waals surface area (Å²) in [5.41, 5.74) is -0.137. The second-order valence-electron chi connectivity index (χ2n) is 3.56. The number of hydrogen-bond acceptors (Lipinski definition) is 1. The number of aromatic nitrogens is 1. The van der Waals surface area contributed by atoms with Crippen molar-refractivity contribution in [3.8, 4) is 0 Å². The van der Waals surface area contributed by atoms with Gasteiger partial charge in [0.05, 0.1) is 0 Å². The average molecular weight is 183 g/mol. The molecule has 0 aliphatic carbocycles. The van der Waals surface area contributed by atoms with Gasteiger partial charge in [-0.05, 0) is 18.4 Å². The molecule has 0 fully saturated rings. The summed E-state index contributed by atoms with van der Waals surface area (Å²) in [4.78, 5) is 11.2. The van der Waals surface area contributed by atoms with Crippen LogP contribution in [0.4, 0.5) is 4.39 Å². The Bertz CT molecular complexity index is 330. The predicted molar refractivity (Wildman–Crippen MR) is 50.1 cm³/mol. The molecule has 13 heavy (non-hydrogen) atoms. The van der Waals surface area contributed by atoms with Crippen molar-refractivity contribution >= 4 is 0 Å². The van der Waals surface area contributed by atoms with Crippen LogP contribution in [0.2, 0.25) is 0 Å². The van der Waals surface area contributed by atoms with E-state index in [0.29, 0.717) is 12.5 Å². The monoisotopic (exact) mass is 183 g/mol. The van der Waals surface area contributed by atoms with E-state index in [9.17, 15) is 9.18 Å². The first-order valence-corrected chi connectivity index (χ1v) is 4.45. The predicted octanol–water partition coefficient (Wildman–Crippen LogP) is 2.03. The summed E-state index contributed by atoms with van der Waals surface area (Å²) >= 11 is 0. The molecule has 1 aromatic rings. The number of rotatable bonds is 3. The molecule has 0 bridgehead atoms. The fourth-order valence-corrected chi connectivity index (χ4v) is 1.07. The normalized spacial score (nSPS) is 10.8. The Labute approximate surface area is 77.0 Å². The van der Waals surface area contributed by atoms with E-state index in [1.54, 1.807) is 0 Å². The molecule has 0 aromatic carbocycles. The minimum Gasteiger partial charge on any atom is -0.313 e. The van der Waals surface area contributed by atoms with Gasteiger partial charge in [-0.1, -0.05) is 13.8 Å². The maximum atomic E-state index is 12.7. The van der Waals surface area contributed by atoms with E-state index >= 15 is 0 Å². The van der Waals surface area contributed by atoms with Crippen molar-refractivity contribution in [1.82, 2.24) is 4.57 Å². The first-order valence-electron chi connectivity index (χ1n) is 4.45. The van der Waals surface area contributed by atoms with Gasteiger partial charge >= 0.3 is 0 Å². The van der Waals surface area contributed by atoms with Gasteiger partial charge in [-0.25, -0.2) is 4.39 Å². The molecule has 2 nitrogen and oxygen atoms in total. The first-order chi connectivity index (χ1) is 6.09. The van der Waals surface area contributed by atoms with E-state index in [4.69, 9.17) is 0 Å². The molecule has 0 saturated carbocycles. The molecule has 3 heteroatoms. The van der Waals surface area contributed by atoms with Crippen LogP contribution >= 0.6 is 0 Å². The Morgan fingerprint density at radius 2 is 2.15 bits per heavy atom. The van der Waals surface area contributed by atoms with Crippen molar-refractivity contribution in [3.05, 3.63) is 34.5 Å². The van der Waals surface area contributed by atoms with Crippen LogP contribution in [0, 0.1) is 11.7 Å². The third-order valence-electron chi connectivity index (χ3n) is 1.89. The molecule has 0 aliphatic heterocycles. The number of pyridine rings is 1. The standard InChI is InChI=1S/C10H14FNO/c1-8(2)5-6-12-7-9(11)3-4-10(12)13/h3-4,7-8H,5-6H2,1-2H3. The van der Waals surface area contributed by atoms with Crippen LogP contribution in [-0.4, -0.2) is 4.57 Å². The van der Waals surface area contributed by atoms with Gasteiger partial charge in [-0.3, -0.25) is 4.79 Å². The Morgan fingerprint density at radius 3 is 2.77 bits per heavy atom. The molecule has 0 aliphatic rings. The van der Waals surface area contributed by atoms with Crippen LogP contribution in [0.5, 0.6) is 0 Å². The van der Waals surface area contributed by atoms with Gasteiger partial charge in [0.15, 0.2) is 0 Å². The highest BCUT2D eigenvalue weighted by molar-refractivity contribution is 4.96. The molecule has 0 atom stereocenters. The lowest BCUT2D eigenvalue weighted by molar-refractivity contribution is 0.495. The second kappa shape index (κ2) is 4.21. The van der Waals surface area contributed by atoms with Gasteiger partial charge in [0.1, 0.15) is 5.82 Å². The fraction of sp³-hybridized carbons (Fsp3) is 0.500. The Kier molecular flexibility index (Phi) is 3.23. The SMILES string of the molecule is CC(C)CCn1cc(F)ccc1=O. The Hall–Kier alpha value is -1.12. The third-order valence-corrected chi connectivity index (χ3v) is 1.89. The van der Waals surface area contributed by atoms with E-state index in [1.807, 2.05) is 0 Å². The second-order valence-corrected chi connectivity index (χ2v) is 3.56. The zero-order valence-corrected chi connectivity index (χ0v) is 7.96. The molecular formula is C10H14FNO. The smallest absolute Gasteiger partial charge is 0.250 e. The van der Waals surface area contributed by atoms with Crippen LogP contribution < -0.4 is 5.56 Å². The van der Waals surface area contributed by atoms with Gasteiger partial charge in [0.25, 0.3) is 5.56 Å². The summed E-state index contributed by atoms with van der Waals surface area (Å²) < 4.78 is 14.1. The molecule has 1 rings (SSSR count). The molecule has 1 aromatic heterocycles. The molecule has 0 amide bonds. The minimum absolute atomic E-state index is 0.137. The van der Waals surface area contributed by atoms with Crippen molar-refractivity contribution in [2.75, 3.05) is 0 Å².